The normalized spacial score (nSPS) is 10.6. The summed E-state index contributed by atoms with van der Waals surface area (Å²) >= 11 is 3.16. The van der Waals surface area contributed by atoms with E-state index in [1.165, 1.54) is 6.42 Å². The number of aliphatic carboxylic acids is 1. The van der Waals surface area contributed by atoms with Crippen LogP contribution in [0.25, 0.3) is 0 Å². The van der Waals surface area contributed by atoms with E-state index >= 15 is 0 Å². The standard InChI is InChI=1S/C16H24BrNO4/c17-14-11-10-13(22-14)16(21)18-12-8-6-4-2-1-3-5-7-9-15(19)20/h10-11H,1-9,12H2,(H,18,21)(H,19,20). The number of nitrogens with one attached hydrogen (secondary N) is 1. The summed E-state index contributed by atoms with van der Waals surface area (Å²) in [5.41, 5.74) is 0. The Morgan fingerprint density at radius 1 is 1.00 bits per heavy atom. The second kappa shape index (κ2) is 11.3. The lowest BCUT2D eigenvalue weighted by Crippen LogP contribution is -2.23. The molecule has 0 radical (unpaired) electrons. The molecular weight excluding hydrogens is 350 g/mol. The molecule has 22 heavy (non-hydrogen) atoms. The van der Waals surface area contributed by atoms with Crippen LogP contribution in [0, 0.1) is 0 Å². The summed E-state index contributed by atoms with van der Waals surface area (Å²) in [7, 11) is 0. The second-order valence-electron chi connectivity index (χ2n) is 5.33. The molecule has 0 atom stereocenters. The maximum absolute atomic E-state index is 11.7. The van der Waals surface area contributed by atoms with E-state index in [1.54, 1.807) is 12.1 Å². The topological polar surface area (TPSA) is 79.5 Å². The van der Waals surface area contributed by atoms with Crippen molar-refractivity contribution in [1.82, 2.24) is 5.32 Å². The summed E-state index contributed by atoms with van der Waals surface area (Å²) < 4.78 is 5.73. The van der Waals surface area contributed by atoms with Gasteiger partial charge in [0.05, 0.1) is 0 Å². The van der Waals surface area contributed by atoms with Crippen molar-refractivity contribution in [2.75, 3.05) is 6.54 Å². The molecule has 0 spiro atoms. The number of halogens is 1. The van der Waals surface area contributed by atoms with E-state index in [0.29, 0.717) is 17.0 Å². The van der Waals surface area contributed by atoms with E-state index in [9.17, 15) is 9.59 Å². The molecule has 0 aliphatic heterocycles. The summed E-state index contributed by atoms with van der Waals surface area (Å²) in [4.78, 5) is 22.0. The Kier molecular flexibility index (Phi) is 9.62. The van der Waals surface area contributed by atoms with Gasteiger partial charge in [0, 0.05) is 13.0 Å². The zero-order valence-corrected chi connectivity index (χ0v) is 14.4. The molecule has 0 aromatic carbocycles. The van der Waals surface area contributed by atoms with Gasteiger partial charge in [-0.2, -0.15) is 0 Å². The van der Waals surface area contributed by atoms with Crippen LogP contribution in [0.5, 0.6) is 0 Å². The fourth-order valence-electron chi connectivity index (χ4n) is 2.19. The zero-order chi connectivity index (χ0) is 16.2. The summed E-state index contributed by atoms with van der Waals surface area (Å²) in [6.07, 6.45) is 8.72. The highest BCUT2D eigenvalue weighted by Gasteiger charge is 2.08. The molecule has 0 saturated heterocycles. The minimum absolute atomic E-state index is 0.177. The molecular formula is C16H24BrNO4. The highest BCUT2D eigenvalue weighted by molar-refractivity contribution is 9.10. The third-order valence-electron chi connectivity index (χ3n) is 3.40. The van der Waals surface area contributed by atoms with Gasteiger partial charge in [0.1, 0.15) is 0 Å². The smallest absolute Gasteiger partial charge is 0.303 e. The first-order valence-corrected chi connectivity index (χ1v) is 8.64. The molecule has 0 aliphatic rings. The van der Waals surface area contributed by atoms with E-state index in [1.807, 2.05) is 0 Å². The molecule has 1 amide bonds. The molecule has 0 unspecified atom stereocenters. The number of furan rings is 1. The van der Waals surface area contributed by atoms with Crippen molar-refractivity contribution in [3.8, 4) is 0 Å². The predicted octanol–water partition coefficient (Wildman–Crippen LogP) is 4.37. The summed E-state index contributed by atoms with van der Waals surface area (Å²) in [6, 6.07) is 3.34. The molecule has 2 N–H and O–H groups in total. The first-order chi connectivity index (χ1) is 10.6. The molecule has 0 fully saturated rings. The van der Waals surface area contributed by atoms with Crippen molar-refractivity contribution in [3.63, 3.8) is 0 Å². The SMILES string of the molecule is O=C(O)CCCCCCCCCCNC(=O)c1ccc(Br)o1. The van der Waals surface area contributed by atoms with Crippen LogP contribution in [0.1, 0.15) is 68.3 Å². The number of rotatable bonds is 12. The third-order valence-corrected chi connectivity index (χ3v) is 3.83. The minimum atomic E-state index is -0.705. The maximum atomic E-state index is 11.7. The third kappa shape index (κ3) is 8.87. The van der Waals surface area contributed by atoms with Gasteiger partial charge in [-0.1, -0.05) is 38.5 Å². The number of carbonyl (C=O) groups is 2. The lowest BCUT2D eigenvalue weighted by Gasteiger charge is -2.04. The molecule has 0 saturated carbocycles. The van der Waals surface area contributed by atoms with Gasteiger partial charge in [-0.3, -0.25) is 9.59 Å². The number of carboxylic acids is 1. The van der Waals surface area contributed by atoms with Gasteiger partial charge < -0.3 is 14.8 Å². The Morgan fingerprint density at radius 2 is 1.59 bits per heavy atom. The average Bonchev–Trinajstić information content (AvgIpc) is 2.91. The van der Waals surface area contributed by atoms with Crippen molar-refractivity contribution in [3.05, 3.63) is 22.6 Å². The van der Waals surface area contributed by atoms with E-state index < -0.39 is 5.97 Å². The summed E-state index contributed by atoms with van der Waals surface area (Å²) in [5.74, 6) is -0.554. The maximum Gasteiger partial charge on any atom is 0.303 e. The van der Waals surface area contributed by atoms with Gasteiger partial charge in [-0.05, 0) is 40.9 Å². The van der Waals surface area contributed by atoms with Crippen LogP contribution in [-0.2, 0) is 4.79 Å². The van der Waals surface area contributed by atoms with Gasteiger partial charge in [-0.15, -0.1) is 0 Å². The molecule has 1 rings (SSSR count). The lowest BCUT2D eigenvalue weighted by atomic mass is 10.1. The highest BCUT2D eigenvalue weighted by Crippen LogP contribution is 2.14. The van der Waals surface area contributed by atoms with E-state index in [0.717, 1.165) is 44.9 Å². The number of amides is 1. The van der Waals surface area contributed by atoms with Crippen molar-refractivity contribution < 1.29 is 19.1 Å². The van der Waals surface area contributed by atoms with Crippen LogP contribution >= 0.6 is 15.9 Å². The molecule has 1 aromatic rings. The Hall–Kier alpha value is -1.30. The molecule has 5 nitrogen and oxygen atoms in total. The average molecular weight is 374 g/mol. The zero-order valence-electron chi connectivity index (χ0n) is 12.8. The van der Waals surface area contributed by atoms with Gasteiger partial charge in [0.15, 0.2) is 10.4 Å². The first-order valence-electron chi connectivity index (χ1n) is 7.85. The van der Waals surface area contributed by atoms with E-state index in [2.05, 4.69) is 21.2 Å². The number of carbonyl (C=O) groups excluding carboxylic acids is 1. The summed E-state index contributed by atoms with van der Waals surface area (Å²) in [5, 5.41) is 11.3. The van der Waals surface area contributed by atoms with Crippen molar-refractivity contribution >= 4 is 27.8 Å². The monoisotopic (exact) mass is 373 g/mol. The fourth-order valence-corrected chi connectivity index (χ4v) is 2.49. The van der Waals surface area contributed by atoms with Crippen LogP contribution < -0.4 is 5.32 Å². The lowest BCUT2D eigenvalue weighted by molar-refractivity contribution is -0.137. The molecule has 0 bridgehead atoms. The van der Waals surface area contributed by atoms with Gasteiger partial charge in [0.25, 0.3) is 5.91 Å². The largest absolute Gasteiger partial charge is 0.481 e. The number of unbranched alkanes of at least 4 members (excludes halogenated alkanes) is 7. The Labute approximate surface area is 139 Å². The van der Waals surface area contributed by atoms with Gasteiger partial charge >= 0.3 is 5.97 Å². The molecule has 1 aromatic heterocycles. The fraction of sp³-hybridized carbons (Fsp3) is 0.625. The minimum Gasteiger partial charge on any atom is -0.481 e. The van der Waals surface area contributed by atoms with Crippen LogP contribution in [0.2, 0.25) is 0 Å². The Bertz CT molecular complexity index is 459. The van der Waals surface area contributed by atoms with Crippen LogP contribution in [0.4, 0.5) is 0 Å². The van der Waals surface area contributed by atoms with Crippen LogP contribution in [0.3, 0.4) is 0 Å². The van der Waals surface area contributed by atoms with Crippen molar-refractivity contribution in [2.24, 2.45) is 0 Å². The highest BCUT2D eigenvalue weighted by atomic mass is 79.9. The quantitative estimate of drug-likeness (QED) is 0.533. The summed E-state index contributed by atoms with van der Waals surface area (Å²) in [6.45, 7) is 0.662. The van der Waals surface area contributed by atoms with Crippen LogP contribution in [0.15, 0.2) is 21.2 Å². The number of carboxylic acid groups (broad SMARTS) is 1. The predicted molar refractivity (Wildman–Crippen MR) is 87.9 cm³/mol. The van der Waals surface area contributed by atoms with Crippen molar-refractivity contribution in [2.45, 2.75) is 57.8 Å². The Balaban J connectivity index is 1.87. The van der Waals surface area contributed by atoms with Gasteiger partial charge in [0.2, 0.25) is 0 Å². The van der Waals surface area contributed by atoms with Crippen molar-refractivity contribution in [1.29, 1.82) is 0 Å². The molecule has 124 valence electrons. The number of hydrogen-bond acceptors (Lipinski definition) is 3. The first kappa shape index (κ1) is 18.7. The second-order valence-corrected chi connectivity index (χ2v) is 6.11. The van der Waals surface area contributed by atoms with E-state index in [-0.39, 0.29) is 12.3 Å². The molecule has 6 heteroatoms. The van der Waals surface area contributed by atoms with E-state index in [4.69, 9.17) is 9.52 Å². The van der Waals surface area contributed by atoms with Gasteiger partial charge in [-0.25, -0.2) is 0 Å². The molecule has 1 heterocycles. The molecule has 0 aliphatic carbocycles. The Morgan fingerprint density at radius 3 is 2.14 bits per heavy atom. The number of hydrogen-bond donors (Lipinski definition) is 2. The van der Waals surface area contributed by atoms with Crippen LogP contribution in [-0.4, -0.2) is 23.5 Å².